The van der Waals surface area contributed by atoms with Crippen LogP contribution in [0.2, 0.25) is 0 Å². The van der Waals surface area contributed by atoms with Crippen molar-refractivity contribution in [2.75, 3.05) is 6.54 Å². The van der Waals surface area contributed by atoms with Crippen LogP contribution in [0.15, 0.2) is 0 Å². The molecule has 0 rings (SSSR count). The zero-order valence-corrected chi connectivity index (χ0v) is 8.05. The van der Waals surface area contributed by atoms with Gasteiger partial charge < -0.3 is 10.8 Å². The summed E-state index contributed by atoms with van der Waals surface area (Å²) in [5, 5.41) is 8.52. The van der Waals surface area contributed by atoms with Crippen molar-refractivity contribution in [1.82, 2.24) is 0 Å². The van der Waals surface area contributed by atoms with Crippen LogP contribution in [0.4, 0.5) is 0 Å². The molecule has 0 radical (unpaired) electrons. The third-order valence-electron chi connectivity index (χ3n) is 1.73. The van der Waals surface area contributed by atoms with Gasteiger partial charge in [-0.05, 0) is 12.8 Å². The number of hydrogen-bond donors (Lipinski definition) is 4. The lowest BCUT2D eigenvalue weighted by molar-refractivity contribution is -0.459. The number of unbranched alkanes of at least 4 members (excludes halogenated alkanes) is 1. The maximum atomic E-state index is 10.4. The Bertz CT molecular complexity index is 188. The molecule has 76 valence electrons. The summed E-state index contributed by atoms with van der Waals surface area (Å²) in [4.78, 5) is 13.3. The number of carbonyl (C=O) groups is 1. The maximum absolute atomic E-state index is 10.4. The maximum Gasteiger partial charge on any atom is 0.362 e. The van der Waals surface area contributed by atoms with Gasteiger partial charge in [-0.3, -0.25) is 10.7 Å². The first-order valence-corrected chi connectivity index (χ1v) is 4.43. The van der Waals surface area contributed by atoms with E-state index in [1.54, 1.807) is 6.92 Å². The average Bonchev–Trinajstić information content (AvgIpc) is 2.02. The Kier molecular flexibility index (Phi) is 5.88. The quantitative estimate of drug-likeness (QED) is 0.208. The first-order chi connectivity index (χ1) is 6.04. The van der Waals surface area contributed by atoms with E-state index in [0.29, 0.717) is 12.3 Å². The van der Waals surface area contributed by atoms with E-state index in [2.05, 4.69) is 10.7 Å². The van der Waals surface area contributed by atoms with E-state index in [9.17, 15) is 4.79 Å². The van der Waals surface area contributed by atoms with E-state index in [1.165, 1.54) is 0 Å². The number of hydrogen-bond acceptors (Lipinski definition) is 1. The van der Waals surface area contributed by atoms with Crippen molar-refractivity contribution in [3.63, 3.8) is 0 Å². The van der Waals surface area contributed by atoms with Gasteiger partial charge in [-0.15, -0.1) is 0 Å². The van der Waals surface area contributed by atoms with Crippen LogP contribution in [-0.2, 0) is 4.79 Å². The molecule has 0 saturated carbocycles. The van der Waals surface area contributed by atoms with Gasteiger partial charge in [-0.25, -0.2) is 4.79 Å². The van der Waals surface area contributed by atoms with Crippen LogP contribution in [0, 0.1) is 0 Å². The predicted molar refractivity (Wildman–Crippen MR) is 48.9 cm³/mol. The van der Waals surface area contributed by atoms with E-state index in [4.69, 9.17) is 10.8 Å². The summed E-state index contributed by atoms with van der Waals surface area (Å²) in [6.07, 6.45) is 2.41. The molecular weight excluding hydrogens is 170 g/mol. The number of aliphatic carboxylic acids is 1. The SMILES string of the molecule is CC(N)=[NH+]CCCC[C@H]([NH3+])C(=O)O. The zero-order valence-electron chi connectivity index (χ0n) is 8.05. The number of amidine groups is 1. The highest BCUT2D eigenvalue weighted by atomic mass is 16.4. The van der Waals surface area contributed by atoms with Gasteiger partial charge in [-0.1, -0.05) is 0 Å². The highest BCUT2D eigenvalue weighted by Gasteiger charge is 2.13. The molecule has 0 aliphatic heterocycles. The standard InChI is InChI=1S/C8H17N3O2/c1-6(9)11-5-3-2-4-7(10)8(12)13/h7H,2-5,10H2,1H3,(H2,9,11)(H,12,13)/p+2/t7-/m0/s1. The highest BCUT2D eigenvalue weighted by Crippen LogP contribution is 1.95. The van der Waals surface area contributed by atoms with Gasteiger partial charge in [0.1, 0.15) is 0 Å². The average molecular weight is 189 g/mol. The van der Waals surface area contributed by atoms with Crippen molar-refractivity contribution >= 4 is 11.8 Å². The van der Waals surface area contributed by atoms with Gasteiger partial charge in [0.25, 0.3) is 0 Å². The summed E-state index contributed by atoms with van der Waals surface area (Å²) >= 11 is 0. The van der Waals surface area contributed by atoms with Crippen molar-refractivity contribution in [2.24, 2.45) is 5.73 Å². The summed E-state index contributed by atoms with van der Waals surface area (Å²) in [6, 6.07) is -0.483. The zero-order chi connectivity index (χ0) is 10.3. The number of carboxylic acids is 1. The topological polar surface area (TPSA) is 105 Å². The van der Waals surface area contributed by atoms with Crippen molar-refractivity contribution in [1.29, 1.82) is 0 Å². The molecule has 0 unspecified atom stereocenters. The van der Waals surface area contributed by atoms with E-state index < -0.39 is 12.0 Å². The Hall–Kier alpha value is -1.10. The molecule has 0 aromatic carbocycles. The number of quaternary nitrogens is 1. The van der Waals surface area contributed by atoms with Crippen LogP contribution >= 0.6 is 0 Å². The molecular formula is C8H19N3O2+2. The minimum absolute atomic E-state index is 0.483. The second-order valence-electron chi connectivity index (χ2n) is 3.14. The molecule has 5 heteroatoms. The van der Waals surface area contributed by atoms with Crippen molar-refractivity contribution in [2.45, 2.75) is 32.2 Å². The van der Waals surface area contributed by atoms with Crippen molar-refractivity contribution in [3.8, 4) is 0 Å². The highest BCUT2D eigenvalue weighted by molar-refractivity contribution is 5.71. The molecule has 0 amide bonds. The Morgan fingerprint density at radius 2 is 2.23 bits per heavy atom. The second kappa shape index (κ2) is 6.42. The summed E-state index contributed by atoms with van der Waals surface area (Å²) < 4.78 is 0. The molecule has 1 atom stereocenters. The first-order valence-electron chi connectivity index (χ1n) is 4.43. The van der Waals surface area contributed by atoms with Gasteiger partial charge in [0, 0.05) is 13.3 Å². The van der Waals surface area contributed by atoms with E-state index in [1.807, 2.05) is 0 Å². The van der Waals surface area contributed by atoms with Gasteiger partial charge in [0.05, 0.1) is 6.54 Å². The normalized spacial score (nSPS) is 14.2. The fraction of sp³-hybridized carbons (Fsp3) is 0.750. The fourth-order valence-corrected chi connectivity index (χ4v) is 0.925. The van der Waals surface area contributed by atoms with Crippen LogP contribution in [0.25, 0.3) is 0 Å². The van der Waals surface area contributed by atoms with Gasteiger partial charge in [-0.2, -0.15) is 0 Å². The lowest BCUT2D eigenvalue weighted by Crippen LogP contribution is -2.74. The molecule has 13 heavy (non-hydrogen) atoms. The van der Waals surface area contributed by atoms with E-state index in [-0.39, 0.29) is 0 Å². The number of carboxylic acid groups (broad SMARTS) is 1. The van der Waals surface area contributed by atoms with E-state index >= 15 is 0 Å². The molecule has 0 saturated heterocycles. The smallest absolute Gasteiger partial charge is 0.362 e. The molecule has 7 N–H and O–H groups in total. The van der Waals surface area contributed by atoms with Crippen LogP contribution in [-0.4, -0.2) is 29.5 Å². The van der Waals surface area contributed by atoms with Gasteiger partial charge in [0.15, 0.2) is 6.04 Å². The molecule has 0 bridgehead atoms. The minimum atomic E-state index is -0.825. The Labute approximate surface area is 77.8 Å². The molecule has 5 nitrogen and oxygen atoms in total. The Morgan fingerprint density at radius 3 is 2.69 bits per heavy atom. The van der Waals surface area contributed by atoms with Crippen molar-refractivity contribution < 1.29 is 20.6 Å². The van der Waals surface area contributed by atoms with Crippen LogP contribution in [0.1, 0.15) is 26.2 Å². The minimum Gasteiger partial charge on any atom is -0.477 e. The number of nitrogens with two attached hydrogens (primary N) is 1. The molecule has 0 spiro atoms. The van der Waals surface area contributed by atoms with E-state index in [0.717, 1.165) is 19.4 Å². The monoisotopic (exact) mass is 189 g/mol. The summed E-state index contributed by atoms with van der Waals surface area (Å²) in [7, 11) is 0. The molecule has 0 aromatic rings. The Balaban J connectivity index is 3.36. The fourth-order valence-electron chi connectivity index (χ4n) is 0.925. The van der Waals surface area contributed by atoms with Crippen LogP contribution < -0.4 is 16.5 Å². The summed E-state index contributed by atoms with van der Waals surface area (Å²) in [6.45, 7) is 2.59. The lowest BCUT2D eigenvalue weighted by Gasteiger charge is -2.00. The predicted octanol–water partition coefficient (Wildman–Crippen LogP) is -2.69. The summed E-state index contributed by atoms with van der Waals surface area (Å²) in [5.41, 5.74) is 8.90. The van der Waals surface area contributed by atoms with Crippen LogP contribution in [0.5, 0.6) is 0 Å². The number of nitrogens with one attached hydrogen (secondary N) is 1. The second-order valence-corrected chi connectivity index (χ2v) is 3.14. The molecule has 0 aliphatic rings. The summed E-state index contributed by atoms with van der Waals surface area (Å²) in [5.74, 6) is -0.126. The van der Waals surface area contributed by atoms with Gasteiger partial charge >= 0.3 is 5.97 Å². The Morgan fingerprint density at radius 1 is 1.62 bits per heavy atom. The third kappa shape index (κ3) is 7.27. The first kappa shape index (κ1) is 11.9. The largest absolute Gasteiger partial charge is 0.477 e. The lowest BCUT2D eigenvalue weighted by atomic mass is 10.1. The molecule has 0 aliphatic carbocycles. The third-order valence-corrected chi connectivity index (χ3v) is 1.73. The van der Waals surface area contributed by atoms with Crippen molar-refractivity contribution in [3.05, 3.63) is 0 Å². The molecule has 0 heterocycles. The molecule has 0 aromatic heterocycles. The van der Waals surface area contributed by atoms with Gasteiger partial charge in [0.2, 0.25) is 5.84 Å². The van der Waals surface area contributed by atoms with Crippen LogP contribution in [0.3, 0.4) is 0 Å². The molecule has 0 fully saturated rings. The number of rotatable bonds is 6.